The fourth-order valence-electron chi connectivity index (χ4n) is 3.70. The van der Waals surface area contributed by atoms with Gasteiger partial charge in [-0.15, -0.1) is 0 Å². The molecule has 2 aromatic carbocycles. The molecule has 3 rings (SSSR count). The van der Waals surface area contributed by atoms with E-state index in [4.69, 9.17) is 31.5 Å². The lowest BCUT2D eigenvalue weighted by Crippen LogP contribution is -2.40. The summed E-state index contributed by atoms with van der Waals surface area (Å²) < 4.78 is 16.1. The Bertz CT molecular complexity index is 872. The number of halogens is 1. The first kappa shape index (κ1) is 20.3. The van der Waals surface area contributed by atoms with Gasteiger partial charge in [0.25, 0.3) is 0 Å². The Labute approximate surface area is 170 Å². The molecule has 28 heavy (non-hydrogen) atoms. The number of anilines is 1. The number of fused-ring (bicyclic) bond motifs is 1. The van der Waals surface area contributed by atoms with Crippen LogP contribution >= 0.6 is 11.6 Å². The minimum Gasteiger partial charge on any atom is -0.493 e. The van der Waals surface area contributed by atoms with Gasteiger partial charge in [0.15, 0.2) is 11.5 Å². The van der Waals surface area contributed by atoms with E-state index in [0.717, 1.165) is 23.1 Å². The summed E-state index contributed by atoms with van der Waals surface area (Å²) in [5.41, 5.74) is 9.94. The van der Waals surface area contributed by atoms with Gasteiger partial charge in [0.05, 0.1) is 33.4 Å². The van der Waals surface area contributed by atoms with Crippen LogP contribution in [0.2, 0.25) is 5.02 Å². The zero-order valence-electron chi connectivity index (χ0n) is 16.3. The maximum Gasteiger partial charge on any atom is 0.320 e. The number of ether oxygens (including phenoxy) is 3. The quantitative estimate of drug-likeness (QED) is 0.587. The summed E-state index contributed by atoms with van der Waals surface area (Å²) in [5, 5.41) is 0.571. The van der Waals surface area contributed by atoms with Gasteiger partial charge < -0.3 is 19.9 Å². The van der Waals surface area contributed by atoms with Crippen LogP contribution < -0.4 is 15.2 Å². The van der Waals surface area contributed by atoms with Crippen molar-refractivity contribution in [2.45, 2.75) is 19.4 Å². The monoisotopic (exact) mass is 404 g/mol. The van der Waals surface area contributed by atoms with E-state index < -0.39 is 0 Å². The Hall–Kier alpha value is -2.44. The summed E-state index contributed by atoms with van der Waals surface area (Å²) in [4.78, 5) is 14.3. The van der Waals surface area contributed by atoms with Crippen LogP contribution in [0, 0.1) is 0 Å². The minimum absolute atomic E-state index is 0.175. The SMILES string of the molecule is CCOC(=O)CN1CCc2cc(OC)c(OC)cc2[C@@H]1c1ccc(Cl)cc1N. The lowest BCUT2D eigenvalue weighted by molar-refractivity contribution is -0.145. The molecule has 1 aliphatic rings. The molecular weight excluding hydrogens is 380 g/mol. The van der Waals surface area contributed by atoms with E-state index in [1.54, 1.807) is 27.2 Å². The number of nitrogen functional groups attached to an aromatic ring is 1. The molecule has 0 aliphatic carbocycles. The topological polar surface area (TPSA) is 74.0 Å². The van der Waals surface area contributed by atoms with Crippen molar-refractivity contribution in [1.29, 1.82) is 0 Å². The van der Waals surface area contributed by atoms with Gasteiger partial charge in [0.2, 0.25) is 0 Å². The van der Waals surface area contributed by atoms with Crippen molar-refractivity contribution >= 4 is 23.3 Å². The zero-order valence-corrected chi connectivity index (χ0v) is 17.1. The summed E-state index contributed by atoms with van der Waals surface area (Å²) in [6.45, 7) is 3.01. The molecule has 150 valence electrons. The van der Waals surface area contributed by atoms with E-state index in [1.807, 2.05) is 24.3 Å². The number of benzene rings is 2. The number of carbonyl (C=O) groups excluding carboxylic acids is 1. The van der Waals surface area contributed by atoms with E-state index >= 15 is 0 Å². The second-order valence-corrected chi connectivity index (χ2v) is 7.04. The number of nitrogens with two attached hydrogens (primary N) is 1. The van der Waals surface area contributed by atoms with E-state index in [1.165, 1.54) is 0 Å². The van der Waals surface area contributed by atoms with Crippen LogP contribution in [-0.2, 0) is 16.0 Å². The highest BCUT2D eigenvalue weighted by atomic mass is 35.5. The summed E-state index contributed by atoms with van der Waals surface area (Å²) in [5.74, 6) is 1.06. The smallest absolute Gasteiger partial charge is 0.320 e. The minimum atomic E-state index is -0.260. The van der Waals surface area contributed by atoms with Gasteiger partial charge >= 0.3 is 5.97 Å². The summed E-state index contributed by atoms with van der Waals surface area (Å²) in [6.07, 6.45) is 0.777. The summed E-state index contributed by atoms with van der Waals surface area (Å²) in [7, 11) is 3.23. The Kier molecular flexibility index (Phi) is 6.31. The molecule has 6 nitrogen and oxygen atoms in total. The Morgan fingerprint density at radius 2 is 1.89 bits per heavy atom. The van der Waals surface area contributed by atoms with Crippen LogP contribution in [0.5, 0.6) is 11.5 Å². The van der Waals surface area contributed by atoms with Crippen molar-refractivity contribution in [2.75, 3.05) is 39.6 Å². The van der Waals surface area contributed by atoms with Crippen molar-refractivity contribution in [3.8, 4) is 11.5 Å². The van der Waals surface area contributed by atoms with Crippen LogP contribution in [0.4, 0.5) is 5.69 Å². The number of methoxy groups -OCH3 is 2. The molecular formula is C21H25ClN2O4. The Balaban J connectivity index is 2.11. The molecule has 0 saturated carbocycles. The van der Waals surface area contributed by atoms with Crippen molar-refractivity contribution in [3.63, 3.8) is 0 Å². The Morgan fingerprint density at radius 1 is 1.18 bits per heavy atom. The van der Waals surface area contributed by atoms with Gasteiger partial charge in [0, 0.05) is 17.3 Å². The van der Waals surface area contributed by atoms with Gasteiger partial charge in [-0.2, -0.15) is 0 Å². The van der Waals surface area contributed by atoms with Crippen LogP contribution in [-0.4, -0.2) is 44.8 Å². The van der Waals surface area contributed by atoms with E-state index in [2.05, 4.69) is 4.90 Å². The van der Waals surface area contributed by atoms with E-state index in [-0.39, 0.29) is 18.6 Å². The molecule has 0 radical (unpaired) electrons. The number of hydrogen-bond acceptors (Lipinski definition) is 6. The highest BCUT2D eigenvalue weighted by Crippen LogP contribution is 2.42. The van der Waals surface area contributed by atoms with Crippen molar-refractivity contribution in [3.05, 3.63) is 52.0 Å². The lowest BCUT2D eigenvalue weighted by atomic mass is 9.87. The average Bonchev–Trinajstić information content (AvgIpc) is 2.67. The molecule has 0 aromatic heterocycles. The number of esters is 1. The molecule has 0 unspecified atom stereocenters. The molecule has 0 fully saturated rings. The first-order chi connectivity index (χ1) is 13.5. The standard InChI is InChI=1S/C21H25ClN2O4/c1-4-28-20(25)12-24-8-7-13-9-18(26-2)19(27-3)11-16(13)21(24)15-6-5-14(22)10-17(15)23/h5-6,9-11,21H,4,7-8,12,23H2,1-3H3/t21-/m0/s1. The lowest BCUT2D eigenvalue weighted by Gasteiger charge is -2.38. The molecule has 1 heterocycles. The van der Waals surface area contributed by atoms with Crippen LogP contribution in [0.1, 0.15) is 29.7 Å². The fraction of sp³-hybridized carbons (Fsp3) is 0.381. The third-order valence-electron chi connectivity index (χ3n) is 4.95. The van der Waals surface area contributed by atoms with E-state index in [0.29, 0.717) is 35.4 Å². The highest BCUT2D eigenvalue weighted by Gasteiger charge is 2.33. The van der Waals surface area contributed by atoms with Crippen molar-refractivity contribution < 1.29 is 19.0 Å². The molecule has 0 saturated heterocycles. The van der Waals surface area contributed by atoms with Gasteiger partial charge in [0.1, 0.15) is 0 Å². The largest absolute Gasteiger partial charge is 0.493 e. The molecule has 1 aliphatic heterocycles. The van der Waals surface area contributed by atoms with Gasteiger partial charge in [-0.05, 0) is 54.3 Å². The third-order valence-corrected chi connectivity index (χ3v) is 5.19. The van der Waals surface area contributed by atoms with Crippen molar-refractivity contribution in [1.82, 2.24) is 4.90 Å². The first-order valence-electron chi connectivity index (χ1n) is 9.17. The number of nitrogens with zero attached hydrogens (tertiary/aromatic N) is 1. The number of rotatable bonds is 6. The third kappa shape index (κ3) is 4.03. The molecule has 0 amide bonds. The summed E-state index contributed by atoms with van der Waals surface area (Å²) in [6, 6.07) is 9.19. The molecule has 2 aromatic rings. The fourth-order valence-corrected chi connectivity index (χ4v) is 3.88. The zero-order chi connectivity index (χ0) is 20.3. The van der Waals surface area contributed by atoms with Gasteiger partial charge in [-0.3, -0.25) is 9.69 Å². The highest BCUT2D eigenvalue weighted by molar-refractivity contribution is 6.30. The second-order valence-electron chi connectivity index (χ2n) is 6.61. The summed E-state index contributed by atoms with van der Waals surface area (Å²) >= 11 is 6.10. The molecule has 1 atom stereocenters. The maximum absolute atomic E-state index is 12.2. The number of carbonyl (C=O) groups is 1. The molecule has 0 spiro atoms. The van der Waals surface area contributed by atoms with Crippen molar-refractivity contribution in [2.24, 2.45) is 0 Å². The normalized spacial score (nSPS) is 16.4. The van der Waals surface area contributed by atoms with Crippen LogP contribution in [0.3, 0.4) is 0 Å². The van der Waals surface area contributed by atoms with Gasteiger partial charge in [-0.25, -0.2) is 0 Å². The van der Waals surface area contributed by atoms with Crippen LogP contribution in [0.15, 0.2) is 30.3 Å². The van der Waals surface area contributed by atoms with Gasteiger partial charge in [-0.1, -0.05) is 17.7 Å². The van der Waals surface area contributed by atoms with E-state index in [9.17, 15) is 4.79 Å². The molecule has 2 N–H and O–H groups in total. The first-order valence-corrected chi connectivity index (χ1v) is 9.55. The maximum atomic E-state index is 12.2. The predicted octanol–water partition coefficient (Wildman–Crippen LogP) is 3.45. The molecule has 7 heteroatoms. The Morgan fingerprint density at radius 3 is 2.54 bits per heavy atom. The average molecular weight is 405 g/mol. The number of hydrogen-bond donors (Lipinski definition) is 1. The predicted molar refractivity (Wildman–Crippen MR) is 109 cm³/mol. The second kappa shape index (κ2) is 8.71. The van der Waals surface area contributed by atoms with Crippen LogP contribution in [0.25, 0.3) is 0 Å². The molecule has 0 bridgehead atoms.